The van der Waals surface area contributed by atoms with Gasteiger partial charge in [0.2, 0.25) is 0 Å². The van der Waals surface area contributed by atoms with Gasteiger partial charge in [0.1, 0.15) is 11.5 Å². The van der Waals surface area contributed by atoms with Crippen LogP contribution >= 0.6 is 11.6 Å². The Morgan fingerprint density at radius 3 is 2.03 bits per heavy atom. The molecule has 32 heavy (non-hydrogen) atoms. The second-order valence-corrected chi connectivity index (χ2v) is 7.44. The highest BCUT2D eigenvalue weighted by Crippen LogP contribution is 2.41. The lowest BCUT2D eigenvalue weighted by Gasteiger charge is -2.15. The fourth-order valence-electron chi connectivity index (χ4n) is 3.54. The van der Waals surface area contributed by atoms with Crippen LogP contribution in [0, 0.1) is 0 Å². The lowest BCUT2D eigenvalue weighted by atomic mass is 9.96. The van der Waals surface area contributed by atoms with Crippen molar-refractivity contribution in [3.8, 4) is 33.9 Å². The number of carbonyl (C=O) groups excluding carboxylic acids is 1. The van der Waals surface area contributed by atoms with Gasteiger partial charge in [-0.15, -0.1) is 0 Å². The maximum atomic E-state index is 12.3. The molecule has 0 fully saturated rings. The Kier molecular flexibility index (Phi) is 6.28. The highest BCUT2D eigenvalue weighted by Gasteiger charge is 2.19. The lowest BCUT2D eigenvalue weighted by Crippen LogP contribution is -2.04. The summed E-state index contributed by atoms with van der Waals surface area (Å²) >= 11 is 6.97. The smallest absolute Gasteiger partial charge is 0.338 e. The molecule has 3 aromatic carbocycles. The topological polar surface area (TPSA) is 57.7 Å². The predicted molar refractivity (Wildman–Crippen MR) is 127 cm³/mol. The monoisotopic (exact) mass is 447 g/mol. The standard InChI is InChI=1S/C26H22ClNO4/c1-4-32-26(29)18-9-14-22-21(15-18)24(27)23(16-5-10-19(30-2)11-6-16)25(28-22)17-7-12-20(31-3)13-8-17/h5-15H,4H2,1-3H3. The molecule has 1 heterocycles. The zero-order valence-corrected chi connectivity index (χ0v) is 18.8. The molecule has 0 saturated carbocycles. The van der Waals surface area contributed by atoms with E-state index in [1.807, 2.05) is 48.5 Å². The van der Waals surface area contributed by atoms with Crippen molar-refractivity contribution in [2.24, 2.45) is 0 Å². The number of methoxy groups -OCH3 is 2. The third-order valence-corrected chi connectivity index (χ3v) is 5.57. The summed E-state index contributed by atoms with van der Waals surface area (Å²) in [6.07, 6.45) is 0. The Bertz CT molecular complexity index is 1270. The molecule has 0 unspecified atom stereocenters. The van der Waals surface area contributed by atoms with E-state index in [4.69, 9.17) is 30.8 Å². The summed E-state index contributed by atoms with van der Waals surface area (Å²) < 4.78 is 15.7. The fraction of sp³-hybridized carbons (Fsp3) is 0.154. The summed E-state index contributed by atoms with van der Waals surface area (Å²) in [5.41, 5.74) is 4.41. The zero-order chi connectivity index (χ0) is 22.7. The van der Waals surface area contributed by atoms with E-state index in [0.29, 0.717) is 28.1 Å². The highest BCUT2D eigenvalue weighted by molar-refractivity contribution is 6.39. The molecule has 0 atom stereocenters. The summed E-state index contributed by atoms with van der Waals surface area (Å²) in [7, 11) is 3.25. The average molecular weight is 448 g/mol. The molecule has 0 amide bonds. The number of pyridine rings is 1. The SMILES string of the molecule is CCOC(=O)c1ccc2nc(-c3ccc(OC)cc3)c(-c3ccc(OC)cc3)c(Cl)c2c1. The van der Waals surface area contributed by atoms with Crippen molar-refractivity contribution in [2.45, 2.75) is 6.92 Å². The first-order valence-corrected chi connectivity index (χ1v) is 10.5. The molecule has 0 bridgehead atoms. The Morgan fingerprint density at radius 1 is 0.875 bits per heavy atom. The second-order valence-electron chi connectivity index (χ2n) is 7.06. The van der Waals surface area contributed by atoms with Gasteiger partial charge in [0.15, 0.2) is 0 Å². The largest absolute Gasteiger partial charge is 0.497 e. The minimum Gasteiger partial charge on any atom is -0.497 e. The first kappa shape index (κ1) is 21.7. The first-order chi connectivity index (χ1) is 15.5. The van der Waals surface area contributed by atoms with Crippen molar-refractivity contribution in [3.63, 3.8) is 0 Å². The van der Waals surface area contributed by atoms with Crippen molar-refractivity contribution < 1.29 is 19.0 Å². The maximum Gasteiger partial charge on any atom is 0.338 e. The van der Waals surface area contributed by atoms with Gasteiger partial charge in [-0.3, -0.25) is 0 Å². The van der Waals surface area contributed by atoms with E-state index < -0.39 is 5.97 Å². The number of ether oxygens (including phenoxy) is 3. The van der Waals surface area contributed by atoms with Crippen LogP contribution in [-0.2, 0) is 4.74 Å². The molecule has 0 aliphatic rings. The molecule has 0 aliphatic heterocycles. The number of rotatable bonds is 6. The zero-order valence-electron chi connectivity index (χ0n) is 18.0. The van der Waals surface area contributed by atoms with Crippen molar-refractivity contribution in [1.82, 2.24) is 4.98 Å². The third-order valence-electron chi connectivity index (χ3n) is 5.17. The minimum atomic E-state index is -0.393. The van der Waals surface area contributed by atoms with Gasteiger partial charge in [-0.2, -0.15) is 0 Å². The number of halogens is 1. The summed E-state index contributed by atoms with van der Waals surface area (Å²) in [6.45, 7) is 2.08. The van der Waals surface area contributed by atoms with E-state index in [0.717, 1.165) is 33.9 Å². The van der Waals surface area contributed by atoms with E-state index >= 15 is 0 Å². The summed E-state index contributed by atoms with van der Waals surface area (Å²) in [4.78, 5) is 17.2. The molecule has 0 radical (unpaired) electrons. The maximum absolute atomic E-state index is 12.3. The van der Waals surface area contributed by atoms with Crippen LogP contribution < -0.4 is 9.47 Å². The van der Waals surface area contributed by atoms with Crippen LogP contribution in [-0.4, -0.2) is 31.8 Å². The molecule has 0 spiro atoms. The van der Waals surface area contributed by atoms with E-state index in [2.05, 4.69) is 0 Å². The number of esters is 1. The van der Waals surface area contributed by atoms with Crippen molar-refractivity contribution in [1.29, 1.82) is 0 Å². The van der Waals surface area contributed by atoms with Crippen LogP contribution in [0.4, 0.5) is 0 Å². The van der Waals surface area contributed by atoms with Gasteiger partial charge in [0.05, 0.1) is 42.6 Å². The summed E-state index contributed by atoms with van der Waals surface area (Å²) in [5, 5.41) is 1.19. The molecular formula is C26H22ClNO4. The third kappa shape index (κ3) is 4.12. The summed E-state index contributed by atoms with van der Waals surface area (Å²) in [6, 6.07) is 20.5. The number of fused-ring (bicyclic) bond motifs is 1. The fourth-order valence-corrected chi connectivity index (χ4v) is 3.89. The number of hydrogen-bond acceptors (Lipinski definition) is 5. The molecule has 6 heteroatoms. The molecule has 5 nitrogen and oxygen atoms in total. The normalized spacial score (nSPS) is 10.8. The van der Waals surface area contributed by atoms with Gasteiger partial charge in [-0.1, -0.05) is 23.7 Å². The first-order valence-electron chi connectivity index (χ1n) is 10.1. The lowest BCUT2D eigenvalue weighted by molar-refractivity contribution is 0.0526. The van der Waals surface area contributed by atoms with Crippen LogP contribution in [0.2, 0.25) is 5.02 Å². The van der Waals surface area contributed by atoms with Crippen molar-refractivity contribution in [2.75, 3.05) is 20.8 Å². The molecule has 0 N–H and O–H groups in total. The quantitative estimate of drug-likeness (QED) is 0.319. The van der Waals surface area contributed by atoms with E-state index in [1.165, 1.54) is 0 Å². The highest BCUT2D eigenvalue weighted by atomic mass is 35.5. The van der Waals surface area contributed by atoms with Gasteiger partial charge >= 0.3 is 5.97 Å². The molecule has 0 aliphatic carbocycles. The van der Waals surface area contributed by atoms with Gasteiger partial charge < -0.3 is 14.2 Å². The number of carbonyl (C=O) groups is 1. The molecule has 0 saturated heterocycles. The van der Waals surface area contributed by atoms with Crippen molar-refractivity contribution >= 4 is 28.5 Å². The molecular weight excluding hydrogens is 426 g/mol. The number of aromatic nitrogens is 1. The van der Waals surface area contributed by atoms with Crippen LogP contribution in [0.15, 0.2) is 66.7 Å². The van der Waals surface area contributed by atoms with Gasteiger partial charge in [0, 0.05) is 16.5 Å². The number of hydrogen-bond donors (Lipinski definition) is 0. The Hall–Kier alpha value is -3.57. The van der Waals surface area contributed by atoms with Crippen LogP contribution in [0.5, 0.6) is 11.5 Å². The van der Waals surface area contributed by atoms with Gasteiger partial charge in [-0.05, 0) is 67.1 Å². The molecule has 4 rings (SSSR count). The number of benzene rings is 3. The minimum absolute atomic E-state index is 0.302. The van der Waals surface area contributed by atoms with E-state index in [-0.39, 0.29) is 0 Å². The second kappa shape index (κ2) is 9.28. The molecule has 1 aromatic heterocycles. The number of nitrogens with zero attached hydrogens (tertiary/aromatic N) is 1. The Labute approximate surface area is 191 Å². The molecule has 162 valence electrons. The summed E-state index contributed by atoms with van der Waals surface area (Å²) in [5.74, 6) is 1.11. The van der Waals surface area contributed by atoms with Crippen LogP contribution in [0.3, 0.4) is 0 Å². The Morgan fingerprint density at radius 2 is 1.47 bits per heavy atom. The van der Waals surface area contributed by atoms with Gasteiger partial charge in [-0.25, -0.2) is 9.78 Å². The predicted octanol–water partition coefficient (Wildman–Crippen LogP) is 6.42. The van der Waals surface area contributed by atoms with E-state index in [9.17, 15) is 4.79 Å². The van der Waals surface area contributed by atoms with Gasteiger partial charge in [0.25, 0.3) is 0 Å². The van der Waals surface area contributed by atoms with Crippen molar-refractivity contribution in [3.05, 3.63) is 77.3 Å². The molecule has 4 aromatic rings. The van der Waals surface area contributed by atoms with E-state index in [1.54, 1.807) is 39.3 Å². The van der Waals surface area contributed by atoms with Crippen LogP contribution in [0.1, 0.15) is 17.3 Å². The average Bonchev–Trinajstić information content (AvgIpc) is 2.84. The Balaban J connectivity index is 1.97. The van der Waals surface area contributed by atoms with Crippen LogP contribution in [0.25, 0.3) is 33.3 Å².